The summed E-state index contributed by atoms with van der Waals surface area (Å²) < 4.78 is 3.09. The Morgan fingerprint density at radius 1 is 1.75 bits per heavy atom. The van der Waals surface area contributed by atoms with Crippen LogP contribution in [0, 0.1) is 0 Å². The first-order chi connectivity index (χ1) is 5.83. The van der Waals surface area contributed by atoms with Crippen LogP contribution in [0.5, 0.6) is 0 Å². The van der Waals surface area contributed by atoms with Crippen molar-refractivity contribution >= 4 is 46.2 Å². The monoisotopic (exact) mass is 294 g/mol. The first-order valence-corrected chi connectivity index (χ1v) is 5.24. The van der Waals surface area contributed by atoms with E-state index >= 15 is 0 Å². The molecule has 0 aliphatic carbocycles. The lowest BCUT2D eigenvalue weighted by Crippen LogP contribution is -2.23. The van der Waals surface area contributed by atoms with Gasteiger partial charge in [-0.25, -0.2) is 4.98 Å². The summed E-state index contributed by atoms with van der Waals surface area (Å²) >= 11 is 3.64. The van der Waals surface area contributed by atoms with Crippen molar-refractivity contribution in [2.45, 2.75) is 5.03 Å². The Bertz CT molecular complexity index is 306. The highest BCUT2D eigenvalue weighted by atomic mass is 127. The Hall–Kier alpha value is -0.210. The molecule has 1 aromatic heterocycles. The number of aromatic nitrogens is 1. The number of nitrogens with zero attached hydrogens (tertiary/aromatic N) is 2. The molecule has 0 amide bonds. The SMILES string of the molecule is CN1NSc2nccc(NI)c21. The molecule has 2 heterocycles. The normalized spacial score (nSPS) is 14.7. The molecule has 0 radical (unpaired) electrons. The molecule has 1 aliphatic rings. The van der Waals surface area contributed by atoms with Crippen LogP contribution >= 0.6 is 34.8 Å². The highest BCUT2D eigenvalue weighted by molar-refractivity contribution is 14.1. The molecule has 2 N–H and O–H groups in total. The Morgan fingerprint density at radius 2 is 2.58 bits per heavy atom. The number of fused-ring (bicyclic) bond motifs is 1. The molecule has 1 aromatic rings. The first-order valence-electron chi connectivity index (χ1n) is 3.35. The number of nitrogens with one attached hydrogen (secondary N) is 2. The smallest absolute Gasteiger partial charge is 0.139 e. The van der Waals surface area contributed by atoms with Crippen LogP contribution in [0.2, 0.25) is 0 Å². The summed E-state index contributed by atoms with van der Waals surface area (Å²) in [6, 6.07) is 1.95. The molecule has 0 bridgehead atoms. The van der Waals surface area contributed by atoms with E-state index < -0.39 is 0 Å². The zero-order valence-electron chi connectivity index (χ0n) is 6.34. The molecule has 1 aliphatic heterocycles. The van der Waals surface area contributed by atoms with Gasteiger partial charge in [-0.2, -0.15) is 4.83 Å². The Labute approximate surface area is 88.7 Å². The van der Waals surface area contributed by atoms with E-state index in [4.69, 9.17) is 0 Å². The maximum Gasteiger partial charge on any atom is 0.139 e. The van der Waals surface area contributed by atoms with Crippen LogP contribution in [0.3, 0.4) is 0 Å². The predicted molar refractivity (Wildman–Crippen MR) is 59.3 cm³/mol. The van der Waals surface area contributed by atoms with Crippen LogP contribution in [0.1, 0.15) is 0 Å². The van der Waals surface area contributed by atoms with Gasteiger partial charge in [0, 0.05) is 13.2 Å². The minimum atomic E-state index is 1.01. The van der Waals surface area contributed by atoms with Gasteiger partial charge in [0.25, 0.3) is 0 Å². The van der Waals surface area contributed by atoms with Crippen molar-refractivity contribution in [3.8, 4) is 0 Å². The standard InChI is InChI=1S/C6H7IN4S/c1-11-5-4(9-7)2-3-8-6(5)12-10-11/h2-3,10H,1H3,(H,8,9). The van der Waals surface area contributed by atoms with Crippen LogP contribution in [0.4, 0.5) is 11.4 Å². The minimum Gasteiger partial charge on any atom is -0.326 e. The molecule has 0 unspecified atom stereocenters. The lowest BCUT2D eigenvalue weighted by Gasteiger charge is -2.12. The van der Waals surface area contributed by atoms with Crippen molar-refractivity contribution in [3.63, 3.8) is 0 Å². The highest BCUT2D eigenvalue weighted by Crippen LogP contribution is 2.38. The van der Waals surface area contributed by atoms with Gasteiger partial charge in [0.15, 0.2) is 0 Å². The van der Waals surface area contributed by atoms with Gasteiger partial charge in [0.1, 0.15) is 10.7 Å². The zero-order chi connectivity index (χ0) is 8.55. The van der Waals surface area contributed by atoms with E-state index in [2.05, 4.69) is 36.2 Å². The van der Waals surface area contributed by atoms with Gasteiger partial charge in [-0.05, 0) is 18.0 Å². The van der Waals surface area contributed by atoms with Gasteiger partial charge in [-0.3, -0.25) is 5.01 Å². The van der Waals surface area contributed by atoms with Gasteiger partial charge in [-0.15, -0.1) is 0 Å². The van der Waals surface area contributed by atoms with E-state index in [1.165, 1.54) is 11.9 Å². The summed E-state index contributed by atoms with van der Waals surface area (Å²) in [7, 11) is 1.97. The molecule has 0 fully saturated rings. The van der Waals surface area contributed by atoms with Crippen molar-refractivity contribution in [2.24, 2.45) is 0 Å². The van der Waals surface area contributed by atoms with Gasteiger partial charge >= 0.3 is 0 Å². The van der Waals surface area contributed by atoms with Crippen molar-refractivity contribution < 1.29 is 0 Å². The number of anilines is 2. The molecule has 64 valence electrons. The molecule has 0 saturated carbocycles. The largest absolute Gasteiger partial charge is 0.326 e. The molecule has 0 saturated heterocycles. The lowest BCUT2D eigenvalue weighted by atomic mass is 10.3. The zero-order valence-corrected chi connectivity index (χ0v) is 9.31. The maximum absolute atomic E-state index is 4.23. The van der Waals surface area contributed by atoms with E-state index in [0.717, 1.165) is 16.4 Å². The number of pyridine rings is 1. The Balaban J connectivity index is 2.53. The van der Waals surface area contributed by atoms with Crippen molar-refractivity contribution in [1.82, 2.24) is 9.82 Å². The lowest BCUT2D eigenvalue weighted by molar-refractivity contribution is 0.944. The molecular formula is C6H7IN4S. The summed E-state index contributed by atoms with van der Waals surface area (Å²) in [6.45, 7) is 0. The second-order valence-corrected chi connectivity index (χ2v) is 3.67. The van der Waals surface area contributed by atoms with E-state index in [1.54, 1.807) is 6.20 Å². The van der Waals surface area contributed by atoms with Crippen LogP contribution in [0.15, 0.2) is 17.3 Å². The average molecular weight is 294 g/mol. The number of rotatable bonds is 1. The number of hydrogen-bond donors (Lipinski definition) is 2. The molecule has 6 heteroatoms. The average Bonchev–Trinajstić information content (AvgIpc) is 2.48. The van der Waals surface area contributed by atoms with Gasteiger partial charge in [0.2, 0.25) is 0 Å². The van der Waals surface area contributed by atoms with E-state index in [9.17, 15) is 0 Å². The van der Waals surface area contributed by atoms with Gasteiger partial charge < -0.3 is 3.53 Å². The molecule has 0 atom stereocenters. The molecule has 0 spiro atoms. The van der Waals surface area contributed by atoms with Crippen LogP contribution in [0.25, 0.3) is 0 Å². The van der Waals surface area contributed by atoms with E-state index in [-0.39, 0.29) is 0 Å². The van der Waals surface area contributed by atoms with Gasteiger partial charge in [0.05, 0.1) is 28.6 Å². The second kappa shape index (κ2) is 3.27. The van der Waals surface area contributed by atoms with Crippen molar-refractivity contribution in [2.75, 3.05) is 15.6 Å². The third-order valence-electron chi connectivity index (χ3n) is 1.61. The van der Waals surface area contributed by atoms with E-state index in [0.29, 0.717) is 0 Å². The van der Waals surface area contributed by atoms with Crippen molar-refractivity contribution in [3.05, 3.63) is 12.3 Å². The predicted octanol–water partition coefficient (Wildman–Crippen LogP) is 1.80. The fourth-order valence-corrected chi connectivity index (χ4v) is 2.27. The molecule has 2 rings (SSSR count). The van der Waals surface area contributed by atoms with E-state index in [1.807, 2.05) is 18.1 Å². The van der Waals surface area contributed by atoms with Crippen molar-refractivity contribution in [1.29, 1.82) is 0 Å². The molecule has 4 nitrogen and oxygen atoms in total. The molecule has 0 aromatic carbocycles. The second-order valence-electron chi connectivity index (χ2n) is 2.36. The summed E-state index contributed by atoms with van der Waals surface area (Å²) in [4.78, 5) is 7.34. The highest BCUT2D eigenvalue weighted by Gasteiger charge is 2.20. The fourth-order valence-electron chi connectivity index (χ4n) is 1.07. The fraction of sp³-hybridized carbons (Fsp3) is 0.167. The third-order valence-corrected chi connectivity index (χ3v) is 3.05. The maximum atomic E-state index is 4.23. The Morgan fingerprint density at radius 3 is 3.33 bits per heavy atom. The molecular weight excluding hydrogens is 287 g/mol. The van der Waals surface area contributed by atoms with Gasteiger partial charge in [-0.1, -0.05) is 0 Å². The summed E-state index contributed by atoms with van der Waals surface area (Å²) in [5.74, 6) is 0. The summed E-state index contributed by atoms with van der Waals surface area (Å²) in [6.07, 6.45) is 1.80. The van der Waals surface area contributed by atoms with Crippen LogP contribution in [-0.4, -0.2) is 12.0 Å². The first kappa shape index (κ1) is 8.39. The van der Waals surface area contributed by atoms with Crippen LogP contribution in [-0.2, 0) is 0 Å². The number of halogens is 1. The number of hydrogen-bond acceptors (Lipinski definition) is 5. The topological polar surface area (TPSA) is 40.2 Å². The molecule has 12 heavy (non-hydrogen) atoms. The third kappa shape index (κ3) is 1.23. The Kier molecular flexibility index (Phi) is 2.28. The quantitative estimate of drug-likeness (QED) is 0.469. The summed E-state index contributed by atoms with van der Waals surface area (Å²) in [5, 5.41) is 2.97. The van der Waals surface area contributed by atoms with Crippen LogP contribution < -0.4 is 13.4 Å². The number of hydrazine groups is 1. The summed E-state index contributed by atoms with van der Waals surface area (Å²) in [5.41, 5.74) is 2.19. The minimum absolute atomic E-state index is 1.01.